The van der Waals surface area contributed by atoms with Crippen LogP contribution in [0.1, 0.15) is 40.3 Å². The fourth-order valence-corrected chi connectivity index (χ4v) is 5.05. The van der Waals surface area contributed by atoms with Crippen molar-refractivity contribution in [3.8, 4) is 17.3 Å². The van der Waals surface area contributed by atoms with Gasteiger partial charge in [0, 0.05) is 30.3 Å². The zero-order chi connectivity index (χ0) is 31.7. The molecule has 5 aromatic rings. The molecule has 1 aliphatic carbocycles. The Hall–Kier alpha value is -5.82. The van der Waals surface area contributed by atoms with Crippen LogP contribution in [0.4, 0.5) is 18.9 Å². The zero-order valence-corrected chi connectivity index (χ0v) is 23.6. The minimum absolute atomic E-state index is 0.0295. The summed E-state index contributed by atoms with van der Waals surface area (Å²) in [5.74, 6) is -2.39. The molecule has 6 rings (SSSR count). The first-order chi connectivity index (χ1) is 21.7. The molecule has 0 spiro atoms. The summed E-state index contributed by atoms with van der Waals surface area (Å²) in [7, 11) is 0. The first-order valence-electron chi connectivity index (χ1n) is 13.8. The standard InChI is InChI=1S/C32H23F3N8O2/c1-37-16-32(8-9-32)17-43-28(40-27-6-5-26(29(36)44)41-30(27)43)12-19-11-24(35)21(14-23(19)34)25-7-10-39-31(42-25)45-15-18-3-4-20(38-2)13-22(18)33/h3-7,10-11,13-14H,8-9,12,15-17H2,(H2,36,44). The molecule has 1 aliphatic rings. The zero-order valence-electron chi connectivity index (χ0n) is 23.6. The molecule has 10 nitrogen and oxygen atoms in total. The monoisotopic (exact) mass is 608 g/mol. The second-order valence-electron chi connectivity index (χ2n) is 10.8. The van der Waals surface area contributed by atoms with E-state index in [1.54, 1.807) is 10.6 Å². The summed E-state index contributed by atoms with van der Waals surface area (Å²) in [5.41, 5.74) is 6.31. The number of nitrogens with two attached hydrogens (primary N) is 1. The third-order valence-corrected chi connectivity index (χ3v) is 7.71. The molecule has 45 heavy (non-hydrogen) atoms. The van der Waals surface area contributed by atoms with Crippen LogP contribution in [0.15, 0.2) is 54.7 Å². The predicted molar refractivity (Wildman–Crippen MR) is 156 cm³/mol. The van der Waals surface area contributed by atoms with Crippen molar-refractivity contribution in [3.05, 3.63) is 118 Å². The van der Waals surface area contributed by atoms with E-state index in [-0.39, 0.29) is 58.2 Å². The number of pyridine rings is 1. The van der Waals surface area contributed by atoms with Gasteiger partial charge in [0.25, 0.3) is 5.91 Å². The van der Waals surface area contributed by atoms with E-state index in [1.165, 1.54) is 30.5 Å². The normalized spacial score (nSPS) is 13.3. The average molecular weight is 609 g/mol. The molecule has 0 radical (unpaired) electrons. The van der Waals surface area contributed by atoms with Gasteiger partial charge in [-0.3, -0.25) is 4.79 Å². The molecule has 13 heteroatoms. The lowest BCUT2D eigenvalue weighted by Crippen LogP contribution is -2.18. The number of primary amides is 1. The van der Waals surface area contributed by atoms with Crippen LogP contribution in [0.2, 0.25) is 0 Å². The highest BCUT2D eigenvalue weighted by Gasteiger charge is 2.47. The molecule has 1 fully saturated rings. The molecule has 3 heterocycles. The molecule has 0 atom stereocenters. The molecule has 1 amide bonds. The van der Waals surface area contributed by atoms with Gasteiger partial charge in [0.1, 0.15) is 41.1 Å². The molecule has 3 aromatic heterocycles. The molecule has 2 aromatic carbocycles. The van der Waals surface area contributed by atoms with Gasteiger partial charge >= 0.3 is 6.01 Å². The van der Waals surface area contributed by atoms with Crippen LogP contribution >= 0.6 is 0 Å². The van der Waals surface area contributed by atoms with Gasteiger partial charge in [-0.15, -0.1) is 0 Å². The number of imidazole rings is 1. The Kier molecular flexibility index (Phi) is 7.60. The minimum atomic E-state index is -0.750. The van der Waals surface area contributed by atoms with Crippen molar-refractivity contribution in [2.45, 2.75) is 32.4 Å². The second-order valence-corrected chi connectivity index (χ2v) is 10.8. The van der Waals surface area contributed by atoms with Crippen LogP contribution in [0.5, 0.6) is 6.01 Å². The average Bonchev–Trinajstić information content (AvgIpc) is 3.71. The van der Waals surface area contributed by atoms with E-state index in [0.717, 1.165) is 31.0 Å². The quantitative estimate of drug-likeness (QED) is 0.200. The van der Waals surface area contributed by atoms with Gasteiger partial charge in [0.05, 0.1) is 17.7 Å². The van der Waals surface area contributed by atoms with Crippen LogP contribution in [0.25, 0.3) is 32.1 Å². The van der Waals surface area contributed by atoms with E-state index in [4.69, 9.17) is 23.6 Å². The Morgan fingerprint density at radius 3 is 2.49 bits per heavy atom. The van der Waals surface area contributed by atoms with Crippen molar-refractivity contribution in [1.29, 1.82) is 0 Å². The SMILES string of the molecule is [C-]#[N+]CC1(Cn2c(Cc3cc(F)c(-c4ccnc(OCc5ccc([N+]#[C-])cc5F)n4)cc3F)nc3ccc(C(N)=O)nc32)CC1. The number of hydrogen-bond acceptors (Lipinski definition) is 6. The smallest absolute Gasteiger partial charge is 0.317 e. The fourth-order valence-electron chi connectivity index (χ4n) is 5.05. The highest BCUT2D eigenvalue weighted by Crippen LogP contribution is 2.48. The van der Waals surface area contributed by atoms with E-state index in [1.807, 2.05) is 0 Å². The van der Waals surface area contributed by atoms with Crippen LogP contribution in [-0.4, -0.2) is 37.0 Å². The molecular formula is C32H23F3N8O2. The molecule has 1 saturated carbocycles. The van der Waals surface area contributed by atoms with Gasteiger partial charge in [-0.25, -0.2) is 39.5 Å². The molecule has 0 saturated heterocycles. The molecule has 0 unspecified atom stereocenters. The number of carbonyl (C=O) groups is 1. The number of fused-ring (bicyclic) bond motifs is 1. The maximum Gasteiger partial charge on any atom is 0.317 e. The van der Waals surface area contributed by atoms with Crippen molar-refractivity contribution in [2.75, 3.05) is 6.54 Å². The van der Waals surface area contributed by atoms with Crippen molar-refractivity contribution in [2.24, 2.45) is 11.1 Å². The summed E-state index contributed by atoms with van der Waals surface area (Å²) < 4.78 is 52.5. The van der Waals surface area contributed by atoms with Crippen LogP contribution in [0.3, 0.4) is 0 Å². The summed E-state index contributed by atoms with van der Waals surface area (Å²) in [6, 6.07) is 10.3. The van der Waals surface area contributed by atoms with Gasteiger partial charge in [0.2, 0.25) is 6.54 Å². The Bertz CT molecular complexity index is 2060. The van der Waals surface area contributed by atoms with Gasteiger partial charge in [0.15, 0.2) is 11.3 Å². The van der Waals surface area contributed by atoms with Crippen molar-refractivity contribution in [1.82, 2.24) is 24.5 Å². The minimum Gasteiger partial charge on any atom is -0.458 e. The number of rotatable bonds is 10. The molecule has 224 valence electrons. The number of halogens is 3. The highest BCUT2D eigenvalue weighted by atomic mass is 19.1. The predicted octanol–water partition coefficient (Wildman–Crippen LogP) is 5.82. The van der Waals surface area contributed by atoms with Crippen LogP contribution in [0, 0.1) is 36.0 Å². The van der Waals surface area contributed by atoms with Crippen LogP contribution in [-0.2, 0) is 19.6 Å². The number of nitrogens with zero attached hydrogens (tertiary/aromatic N) is 7. The summed E-state index contributed by atoms with van der Waals surface area (Å²) in [5, 5.41) is 0. The number of hydrogen-bond donors (Lipinski definition) is 1. The number of aromatic nitrogens is 5. The van der Waals surface area contributed by atoms with Gasteiger partial charge in [-0.1, -0.05) is 12.1 Å². The van der Waals surface area contributed by atoms with Crippen molar-refractivity contribution in [3.63, 3.8) is 0 Å². The first-order valence-corrected chi connectivity index (χ1v) is 13.8. The van der Waals surface area contributed by atoms with E-state index < -0.39 is 23.4 Å². The molecular weight excluding hydrogens is 585 g/mol. The first kappa shape index (κ1) is 29.3. The van der Waals surface area contributed by atoms with E-state index in [0.29, 0.717) is 30.1 Å². The van der Waals surface area contributed by atoms with E-state index in [2.05, 4.69) is 29.6 Å². The highest BCUT2D eigenvalue weighted by molar-refractivity contribution is 5.92. The lowest BCUT2D eigenvalue weighted by atomic mass is 10.0. The Labute approximate surface area is 255 Å². The van der Waals surface area contributed by atoms with Crippen molar-refractivity contribution >= 4 is 22.8 Å². The maximum absolute atomic E-state index is 15.5. The lowest BCUT2D eigenvalue weighted by molar-refractivity contribution is 0.0996. The summed E-state index contributed by atoms with van der Waals surface area (Å²) in [6.45, 7) is 14.8. The largest absolute Gasteiger partial charge is 0.458 e. The Morgan fingerprint density at radius 2 is 1.78 bits per heavy atom. The number of carbonyl (C=O) groups excluding carboxylic acids is 1. The molecule has 2 N–H and O–H groups in total. The molecule has 0 aliphatic heterocycles. The third kappa shape index (κ3) is 6.01. The van der Waals surface area contributed by atoms with Gasteiger partial charge < -0.3 is 19.9 Å². The van der Waals surface area contributed by atoms with Gasteiger partial charge in [-0.05, 0) is 54.8 Å². The fraction of sp³-hybridized carbons (Fsp3) is 0.219. The number of ether oxygens (including phenoxy) is 1. The maximum atomic E-state index is 15.5. The topological polar surface area (TPSA) is 118 Å². The summed E-state index contributed by atoms with van der Waals surface area (Å²) in [4.78, 5) is 35.7. The summed E-state index contributed by atoms with van der Waals surface area (Å²) in [6.07, 6.45) is 2.88. The molecule has 0 bridgehead atoms. The summed E-state index contributed by atoms with van der Waals surface area (Å²) >= 11 is 0. The van der Waals surface area contributed by atoms with Crippen LogP contribution < -0.4 is 10.5 Å². The van der Waals surface area contributed by atoms with Crippen molar-refractivity contribution < 1.29 is 22.7 Å². The van der Waals surface area contributed by atoms with Gasteiger partial charge in [-0.2, -0.15) is 4.98 Å². The number of benzene rings is 2. The second kappa shape index (κ2) is 11.7. The Morgan fingerprint density at radius 1 is 0.978 bits per heavy atom. The van der Waals surface area contributed by atoms with E-state index >= 15 is 8.78 Å². The van der Waals surface area contributed by atoms with E-state index in [9.17, 15) is 9.18 Å². The Balaban J connectivity index is 1.28. The third-order valence-electron chi connectivity index (χ3n) is 7.71. The lowest BCUT2D eigenvalue weighted by Gasteiger charge is -2.14. The number of amides is 1.